The molecule has 2 aromatic heterocycles. The molecule has 4 nitrogen and oxygen atoms in total. The molecular formula is C12H19N3OS. The predicted molar refractivity (Wildman–Crippen MR) is 70.5 cm³/mol. The van der Waals surface area contributed by atoms with E-state index in [1.165, 1.54) is 0 Å². The van der Waals surface area contributed by atoms with E-state index in [0.717, 1.165) is 43.1 Å². The average molecular weight is 253 g/mol. The topological polar surface area (TPSA) is 52.5 Å². The number of fused-ring (bicyclic) bond motifs is 1. The van der Waals surface area contributed by atoms with E-state index in [1.807, 2.05) is 22.9 Å². The van der Waals surface area contributed by atoms with Crippen molar-refractivity contribution < 1.29 is 4.74 Å². The monoisotopic (exact) mass is 253 g/mol. The molecule has 0 aliphatic heterocycles. The van der Waals surface area contributed by atoms with Gasteiger partial charge in [0.15, 0.2) is 4.96 Å². The van der Waals surface area contributed by atoms with Gasteiger partial charge in [-0.2, -0.15) is 0 Å². The van der Waals surface area contributed by atoms with Crippen molar-refractivity contribution in [3.8, 4) is 0 Å². The summed E-state index contributed by atoms with van der Waals surface area (Å²) in [5, 5.41) is 2.04. The zero-order valence-electron chi connectivity index (χ0n) is 10.1. The maximum absolute atomic E-state index is 6.08. The molecule has 2 rings (SSSR count). The van der Waals surface area contributed by atoms with Crippen LogP contribution in [0.1, 0.15) is 25.5 Å². The molecular weight excluding hydrogens is 234 g/mol. The van der Waals surface area contributed by atoms with Crippen LogP contribution in [0.2, 0.25) is 0 Å². The molecule has 17 heavy (non-hydrogen) atoms. The van der Waals surface area contributed by atoms with Crippen molar-refractivity contribution in [3.63, 3.8) is 0 Å². The second-order valence-electron chi connectivity index (χ2n) is 4.13. The van der Waals surface area contributed by atoms with Gasteiger partial charge in [-0.15, -0.1) is 11.3 Å². The van der Waals surface area contributed by atoms with Gasteiger partial charge in [-0.3, -0.25) is 4.40 Å². The molecule has 0 saturated heterocycles. The number of hydrogen-bond acceptors (Lipinski definition) is 4. The van der Waals surface area contributed by atoms with Gasteiger partial charge in [0.05, 0.1) is 5.69 Å². The SMILES string of the molecule is CCOCCCC(N)Cc1cn2ccsc2n1. The molecule has 94 valence electrons. The lowest BCUT2D eigenvalue weighted by Crippen LogP contribution is -2.23. The van der Waals surface area contributed by atoms with Crippen LogP contribution in [0.5, 0.6) is 0 Å². The van der Waals surface area contributed by atoms with E-state index in [0.29, 0.717) is 0 Å². The first-order valence-electron chi connectivity index (χ1n) is 6.04. The summed E-state index contributed by atoms with van der Waals surface area (Å²) in [7, 11) is 0. The van der Waals surface area contributed by atoms with Crippen LogP contribution >= 0.6 is 11.3 Å². The van der Waals surface area contributed by atoms with E-state index >= 15 is 0 Å². The molecule has 0 bridgehead atoms. The third kappa shape index (κ3) is 3.52. The van der Waals surface area contributed by atoms with Crippen molar-refractivity contribution in [1.82, 2.24) is 9.38 Å². The fourth-order valence-electron chi connectivity index (χ4n) is 1.84. The minimum atomic E-state index is 0.181. The van der Waals surface area contributed by atoms with Gasteiger partial charge in [0.25, 0.3) is 0 Å². The van der Waals surface area contributed by atoms with Gasteiger partial charge in [0.1, 0.15) is 0 Å². The Morgan fingerprint density at radius 3 is 3.24 bits per heavy atom. The maximum Gasteiger partial charge on any atom is 0.193 e. The Hall–Kier alpha value is -0.910. The number of imidazole rings is 1. The summed E-state index contributed by atoms with van der Waals surface area (Å²) in [6, 6.07) is 0.181. The minimum Gasteiger partial charge on any atom is -0.382 e. The van der Waals surface area contributed by atoms with Gasteiger partial charge in [-0.05, 0) is 19.8 Å². The standard InChI is InChI=1S/C12H19N3OS/c1-2-16-6-3-4-10(13)8-11-9-15-5-7-17-12(15)14-11/h5,7,9-10H,2-4,6,8,13H2,1H3. The lowest BCUT2D eigenvalue weighted by molar-refractivity contribution is 0.142. The minimum absolute atomic E-state index is 0.181. The molecule has 0 aromatic carbocycles. The van der Waals surface area contributed by atoms with Gasteiger partial charge in [-0.25, -0.2) is 4.98 Å². The average Bonchev–Trinajstić information content (AvgIpc) is 2.84. The first-order valence-corrected chi connectivity index (χ1v) is 6.92. The highest BCUT2D eigenvalue weighted by atomic mass is 32.1. The van der Waals surface area contributed by atoms with Crippen molar-refractivity contribution in [2.75, 3.05) is 13.2 Å². The molecule has 0 fully saturated rings. The fraction of sp³-hybridized carbons (Fsp3) is 0.583. The number of rotatable bonds is 7. The van der Waals surface area contributed by atoms with Crippen LogP contribution in [0.25, 0.3) is 4.96 Å². The lowest BCUT2D eigenvalue weighted by Gasteiger charge is -2.09. The lowest BCUT2D eigenvalue weighted by atomic mass is 10.1. The molecule has 2 heterocycles. The van der Waals surface area contributed by atoms with Crippen molar-refractivity contribution in [2.24, 2.45) is 5.73 Å². The third-order valence-corrected chi connectivity index (χ3v) is 3.45. The van der Waals surface area contributed by atoms with Crippen molar-refractivity contribution >= 4 is 16.3 Å². The van der Waals surface area contributed by atoms with E-state index in [2.05, 4.69) is 11.2 Å². The van der Waals surface area contributed by atoms with Crippen molar-refractivity contribution in [1.29, 1.82) is 0 Å². The predicted octanol–water partition coefficient (Wildman–Crippen LogP) is 2.08. The largest absolute Gasteiger partial charge is 0.382 e. The molecule has 0 spiro atoms. The maximum atomic E-state index is 6.08. The molecule has 0 radical (unpaired) electrons. The van der Waals surface area contributed by atoms with Gasteiger partial charge < -0.3 is 10.5 Å². The summed E-state index contributed by atoms with van der Waals surface area (Å²) in [5.41, 5.74) is 7.16. The molecule has 2 N–H and O–H groups in total. The number of nitrogens with two attached hydrogens (primary N) is 1. The number of hydrogen-bond donors (Lipinski definition) is 1. The summed E-state index contributed by atoms with van der Waals surface area (Å²) in [6.45, 7) is 3.60. The highest BCUT2D eigenvalue weighted by Gasteiger charge is 2.08. The normalized spacial score (nSPS) is 13.3. The summed E-state index contributed by atoms with van der Waals surface area (Å²) in [4.78, 5) is 5.57. The highest BCUT2D eigenvalue weighted by Crippen LogP contribution is 2.13. The number of aromatic nitrogens is 2. The van der Waals surface area contributed by atoms with Crippen molar-refractivity contribution in [3.05, 3.63) is 23.5 Å². The smallest absolute Gasteiger partial charge is 0.193 e. The second kappa shape index (κ2) is 6.14. The Morgan fingerprint density at radius 1 is 1.59 bits per heavy atom. The van der Waals surface area contributed by atoms with E-state index in [1.54, 1.807) is 11.3 Å². The van der Waals surface area contributed by atoms with Gasteiger partial charge in [-0.1, -0.05) is 0 Å². The quantitative estimate of drug-likeness (QED) is 0.769. The van der Waals surface area contributed by atoms with Gasteiger partial charge in [0, 0.05) is 43.5 Å². The number of ether oxygens (including phenoxy) is 1. The zero-order chi connectivity index (χ0) is 12.1. The second-order valence-corrected chi connectivity index (χ2v) is 5.00. The fourth-order valence-corrected chi connectivity index (χ4v) is 2.56. The van der Waals surface area contributed by atoms with Gasteiger partial charge in [0.2, 0.25) is 0 Å². The summed E-state index contributed by atoms with van der Waals surface area (Å²) in [5.74, 6) is 0. The molecule has 0 aliphatic rings. The Morgan fingerprint density at radius 2 is 2.47 bits per heavy atom. The molecule has 5 heteroatoms. The molecule has 0 amide bonds. The van der Waals surface area contributed by atoms with Crippen LogP contribution in [0.3, 0.4) is 0 Å². The summed E-state index contributed by atoms with van der Waals surface area (Å²) in [6.07, 6.45) is 6.95. The Kier molecular flexibility index (Phi) is 4.53. The molecule has 2 aromatic rings. The Balaban J connectivity index is 1.78. The Labute approximate surface area is 105 Å². The summed E-state index contributed by atoms with van der Waals surface area (Å²) >= 11 is 1.65. The van der Waals surface area contributed by atoms with Crippen molar-refractivity contribution in [2.45, 2.75) is 32.2 Å². The molecule has 1 atom stereocenters. The van der Waals surface area contributed by atoms with Crippen LogP contribution in [0.15, 0.2) is 17.8 Å². The zero-order valence-corrected chi connectivity index (χ0v) is 10.9. The first-order chi connectivity index (χ1) is 8.29. The van der Waals surface area contributed by atoms with Crippen LogP contribution in [0.4, 0.5) is 0 Å². The molecule has 0 saturated carbocycles. The van der Waals surface area contributed by atoms with Gasteiger partial charge >= 0.3 is 0 Å². The highest BCUT2D eigenvalue weighted by molar-refractivity contribution is 7.15. The Bertz CT molecular complexity index is 423. The summed E-state index contributed by atoms with van der Waals surface area (Å²) < 4.78 is 7.34. The molecule has 0 aliphatic carbocycles. The van der Waals surface area contributed by atoms with Crippen LogP contribution in [-0.4, -0.2) is 28.6 Å². The van der Waals surface area contributed by atoms with Crippen LogP contribution in [0, 0.1) is 0 Å². The van der Waals surface area contributed by atoms with E-state index in [9.17, 15) is 0 Å². The van der Waals surface area contributed by atoms with E-state index in [-0.39, 0.29) is 6.04 Å². The third-order valence-electron chi connectivity index (χ3n) is 2.68. The van der Waals surface area contributed by atoms with E-state index < -0.39 is 0 Å². The molecule has 1 unspecified atom stereocenters. The number of thiazole rings is 1. The first kappa shape index (κ1) is 12.5. The number of nitrogens with zero attached hydrogens (tertiary/aromatic N) is 2. The van der Waals surface area contributed by atoms with Crippen LogP contribution < -0.4 is 5.73 Å². The van der Waals surface area contributed by atoms with Crippen LogP contribution in [-0.2, 0) is 11.2 Å². The van der Waals surface area contributed by atoms with E-state index in [4.69, 9.17) is 10.5 Å².